The first-order valence-corrected chi connectivity index (χ1v) is 10.3. The summed E-state index contributed by atoms with van der Waals surface area (Å²) >= 11 is 6.18. The smallest absolute Gasteiger partial charge is 0.295 e. The van der Waals surface area contributed by atoms with Crippen molar-refractivity contribution in [1.82, 2.24) is 4.90 Å². The van der Waals surface area contributed by atoms with Gasteiger partial charge in [-0.2, -0.15) is 0 Å². The molecule has 162 valence electrons. The number of benzene rings is 2. The third-order valence-electron chi connectivity index (χ3n) is 5.27. The molecule has 0 spiro atoms. The minimum absolute atomic E-state index is 0.0151. The molecular weight excluding hydrogens is 422 g/mol. The molecule has 2 heterocycles. The molecule has 2 aliphatic heterocycles. The van der Waals surface area contributed by atoms with Crippen molar-refractivity contribution in [2.45, 2.75) is 12.5 Å². The van der Waals surface area contributed by atoms with E-state index in [4.69, 9.17) is 25.8 Å². The van der Waals surface area contributed by atoms with Crippen molar-refractivity contribution >= 4 is 29.1 Å². The highest BCUT2D eigenvalue weighted by Gasteiger charge is 2.45. The van der Waals surface area contributed by atoms with Crippen molar-refractivity contribution in [3.05, 3.63) is 64.2 Å². The van der Waals surface area contributed by atoms with Crippen molar-refractivity contribution < 1.29 is 28.9 Å². The highest BCUT2D eigenvalue weighted by molar-refractivity contribution is 6.46. The van der Waals surface area contributed by atoms with Gasteiger partial charge in [0.15, 0.2) is 11.5 Å². The number of rotatable bonds is 6. The molecule has 0 bridgehead atoms. The molecule has 0 saturated carbocycles. The Morgan fingerprint density at radius 1 is 1.16 bits per heavy atom. The molecule has 1 N–H and O–H groups in total. The van der Waals surface area contributed by atoms with Crippen molar-refractivity contribution in [2.75, 3.05) is 33.5 Å². The van der Waals surface area contributed by atoms with Crippen molar-refractivity contribution in [1.29, 1.82) is 0 Å². The largest absolute Gasteiger partial charge is 0.507 e. The number of ether oxygens (including phenoxy) is 3. The van der Waals surface area contributed by atoms with Crippen LogP contribution in [0.15, 0.2) is 48.0 Å². The Labute approximate surface area is 184 Å². The van der Waals surface area contributed by atoms with Gasteiger partial charge in [0.25, 0.3) is 11.7 Å². The Balaban J connectivity index is 1.81. The highest BCUT2D eigenvalue weighted by atomic mass is 35.5. The van der Waals surface area contributed by atoms with Gasteiger partial charge in [0, 0.05) is 30.8 Å². The lowest BCUT2D eigenvalue weighted by Crippen LogP contribution is -2.31. The molecule has 2 aliphatic rings. The lowest BCUT2D eigenvalue weighted by atomic mass is 9.95. The zero-order valence-corrected chi connectivity index (χ0v) is 17.7. The van der Waals surface area contributed by atoms with Crippen LogP contribution >= 0.6 is 11.6 Å². The summed E-state index contributed by atoms with van der Waals surface area (Å²) in [5.41, 5.74) is 1.02. The first-order chi connectivity index (χ1) is 15.0. The van der Waals surface area contributed by atoms with E-state index in [2.05, 4.69) is 0 Å². The van der Waals surface area contributed by atoms with E-state index in [-0.39, 0.29) is 11.3 Å². The molecule has 0 aliphatic carbocycles. The van der Waals surface area contributed by atoms with E-state index in [0.717, 1.165) is 0 Å². The van der Waals surface area contributed by atoms with Crippen LogP contribution in [-0.2, 0) is 14.3 Å². The number of likely N-dealkylation sites (tertiary alicyclic amines) is 1. The Hall–Kier alpha value is -3.03. The molecule has 1 fully saturated rings. The van der Waals surface area contributed by atoms with Crippen LogP contribution < -0.4 is 9.47 Å². The normalized spacial score (nSPS) is 19.7. The molecule has 2 aromatic carbocycles. The number of methoxy groups -OCH3 is 1. The van der Waals surface area contributed by atoms with E-state index in [1.165, 1.54) is 4.90 Å². The summed E-state index contributed by atoms with van der Waals surface area (Å²) in [5.74, 6) is -0.636. The zero-order valence-electron chi connectivity index (χ0n) is 17.0. The summed E-state index contributed by atoms with van der Waals surface area (Å²) < 4.78 is 16.2. The molecule has 31 heavy (non-hydrogen) atoms. The molecule has 8 heteroatoms. The maximum atomic E-state index is 13.0. The summed E-state index contributed by atoms with van der Waals surface area (Å²) in [7, 11) is 1.57. The molecule has 7 nitrogen and oxygen atoms in total. The monoisotopic (exact) mass is 443 g/mol. The topological polar surface area (TPSA) is 85.3 Å². The number of carbonyl (C=O) groups is 2. The number of hydrogen-bond acceptors (Lipinski definition) is 6. The van der Waals surface area contributed by atoms with Crippen LogP contribution in [0.5, 0.6) is 11.5 Å². The predicted molar refractivity (Wildman–Crippen MR) is 114 cm³/mol. The van der Waals surface area contributed by atoms with Crippen molar-refractivity contribution in [2.24, 2.45) is 0 Å². The number of halogens is 1. The number of Topliss-reactive ketones (excluding diaryl/α,β-unsaturated/α-hetero) is 1. The minimum Gasteiger partial charge on any atom is -0.507 e. The number of ketones is 1. The Bertz CT molecular complexity index is 1050. The van der Waals surface area contributed by atoms with Gasteiger partial charge in [-0.05, 0) is 42.3 Å². The lowest BCUT2D eigenvalue weighted by molar-refractivity contribution is -0.140. The van der Waals surface area contributed by atoms with E-state index in [1.54, 1.807) is 49.6 Å². The Morgan fingerprint density at radius 3 is 2.68 bits per heavy atom. The fourth-order valence-corrected chi connectivity index (χ4v) is 4.06. The molecule has 1 atom stereocenters. The summed E-state index contributed by atoms with van der Waals surface area (Å²) in [4.78, 5) is 27.3. The molecule has 0 unspecified atom stereocenters. The van der Waals surface area contributed by atoms with Gasteiger partial charge in [0.2, 0.25) is 0 Å². The summed E-state index contributed by atoms with van der Waals surface area (Å²) in [6.45, 7) is 1.57. The second kappa shape index (κ2) is 8.99. The van der Waals surface area contributed by atoms with Gasteiger partial charge in [-0.15, -0.1) is 0 Å². The van der Waals surface area contributed by atoms with Crippen molar-refractivity contribution in [3.8, 4) is 11.5 Å². The van der Waals surface area contributed by atoms with Crippen LogP contribution in [-0.4, -0.2) is 55.2 Å². The van der Waals surface area contributed by atoms with Gasteiger partial charge >= 0.3 is 0 Å². The summed E-state index contributed by atoms with van der Waals surface area (Å²) in [5, 5.41) is 11.6. The molecule has 0 aromatic heterocycles. The predicted octanol–water partition coefficient (Wildman–Crippen LogP) is 3.57. The number of fused-ring (bicyclic) bond motifs is 1. The number of amides is 1. The third-order valence-corrected chi connectivity index (χ3v) is 5.50. The van der Waals surface area contributed by atoms with Crippen LogP contribution in [0, 0.1) is 0 Å². The number of aliphatic hydroxyl groups excluding tert-OH is 1. The van der Waals surface area contributed by atoms with Gasteiger partial charge in [-0.1, -0.05) is 23.7 Å². The van der Waals surface area contributed by atoms with Gasteiger partial charge in [0.05, 0.1) is 11.6 Å². The third kappa shape index (κ3) is 4.11. The second-order valence-corrected chi connectivity index (χ2v) is 7.69. The van der Waals surface area contributed by atoms with Crippen molar-refractivity contribution in [3.63, 3.8) is 0 Å². The molecule has 0 radical (unpaired) electrons. The van der Waals surface area contributed by atoms with Gasteiger partial charge in [0.1, 0.15) is 19.0 Å². The van der Waals surface area contributed by atoms with Gasteiger partial charge in [-0.25, -0.2) is 0 Å². The zero-order chi connectivity index (χ0) is 22.0. The lowest BCUT2D eigenvalue weighted by Gasteiger charge is -2.25. The fourth-order valence-electron chi connectivity index (χ4n) is 3.86. The summed E-state index contributed by atoms with van der Waals surface area (Å²) in [6, 6.07) is 11.1. The molecular formula is C23H22ClNO6. The molecule has 1 amide bonds. The van der Waals surface area contributed by atoms with Gasteiger partial charge < -0.3 is 24.2 Å². The van der Waals surface area contributed by atoms with Crippen LogP contribution in [0.25, 0.3) is 5.76 Å². The average molecular weight is 444 g/mol. The number of carbonyl (C=O) groups excluding carboxylic acids is 2. The molecule has 4 rings (SSSR count). The average Bonchev–Trinajstić information content (AvgIpc) is 3.03. The fraction of sp³-hybridized carbons (Fsp3) is 0.304. The number of hydrogen-bond donors (Lipinski definition) is 1. The minimum atomic E-state index is -0.760. The quantitative estimate of drug-likeness (QED) is 0.318. The molecule has 1 saturated heterocycles. The maximum Gasteiger partial charge on any atom is 0.295 e. The molecule has 2 aromatic rings. The van der Waals surface area contributed by atoms with E-state index in [1.807, 2.05) is 0 Å². The summed E-state index contributed by atoms with van der Waals surface area (Å²) in [6.07, 6.45) is 0.546. The Kier molecular flexibility index (Phi) is 6.15. The van der Waals surface area contributed by atoms with Crippen LogP contribution in [0.4, 0.5) is 0 Å². The number of aliphatic hydroxyl groups is 1. The SMILES string of the molecule is COCCCN1C(=O)C(=O)/C(=C(/O)c2ccc3c(c2)OCCO3)[C@H]1c1cccc(Cl)c1. The second-order valence-electron chi connectivity index (χ2n) is 7.25. The maximum absolute atomic E-state index is 13.0. The van der Waals surface area contributed by atoms with E-state index in [0.29, 0.717) is 60.4 Å². The van der Waals surface area contributed by atoms with Crippen LogP contribution in [0.3, 0.4) is 0 Å². The van der Waals surface area contributed by atoms with Crippen LogP contribution in [0.2, 0.25) is 5.02 Å². The first-order valence-electron chi connectivity index (χ1n) is 9.94. The highest BCUT2D eigenvalue weighted by Crippen LogP contribution is 2.41. The van der Waals surface area contributed by atoms with E-state index < -0.39 is 17.7 Å². The number of nitrogens with zero attached hydrogens (tertiary/aromatic N) is 1. The van der Waals surface area contributed by atoms with E-state index in [9.17, 15) is 14.7 Å². The standard InChI is InChI=1S/C23H22ClNO6/c1-29-9-3-8-25-20(14-4-2-5-16(24)12-14)19(22(27)23(25)28)21(26)15-6-7-17-18(13-15)31-11-10-30-17/h2,4-7,12-13,20,26H,3,8-11H2,1H3/b21-19+/t20-/m1/s1. The van der Waals surface area contributed by atoms with Gasteiger partial charge in [-0.3, -0.25) is 9.59 Å². The Morgan fingerprint density at radius 2 is 1.94 bits per heavy atom. The first kappa shape index (κ1) is 21.2. The van der Waals surface area contributed by atoms with E-state index >= 15 is 0 Å². The van der Waals surface area contributed by atoms with Crippen LogP contribution in [0.1, 0.15) is 23.6 Å².